The van der Waals surface area contributed by atoms with Gasteiger partial charge in [-0.3, -0.25) is 10.1 Å². The SMILES string of the molecule is Cl.N[C@@H](c1ccc(F)cc1[N+](=O)[O-])C1CCC1. The van der Waals surface area contributed by atoms with Gasteiger partial charge in [0.1, 0.15) is 5.82 Å². The summed E-state index contributed by atoms with van der Waals surface area (Å²) in [7, 11) is 0. The number of benzene rings is 1. The van der Waals surface area contributed by atoms with Crippen molar-refractivity contribution in [3.63, 3.8) is 0 Å². The van der Waals surface area contributed by atoms with Gasteiger partial charge in [0.25, 0.3) is 5.69 Å². The maximum absolute atomic E-state index is 12.9. The largest absolute Gasteiger partial charge is 0.324 e. The van der Waals surface area contributed by atoms with Crippen LogP contribution >= 0.6 is 12.4 Å². The van der Waals surface area contributed by atoms with Crippen LogP contribution < -0.4 is 5.73 Å². The molecule has 0 spiro atoms. The summed E-state index contributed by atoms with van der Waals surface area (Å²) in [5, 5.41) is 10.8. The van der Waals surface area contributed by atoms with Crippen LogP contribution in [0.25, 0.3) is 0 Å². The summed E-state index contributed by atoms with van der Waals surface area (Å²) < 4.78 is 12.9. The summed E-state index contributed by atoms with van der Waals surface area (Å²) in [6.07, 6.45) is 3.11. The fourth-order valence-electron chi connectivity index (χ4n) is 2.01. The zero-order chi connectivity index (χ0) is 11.7. The molecule has 0 bridgehead atoms. The number of nitro benzene ring substituents is 1. The van der Waals surface area contributed by atoms with Crippen LogP contribution in [0.2, 0.25) is 0 Å². The molecule has 17 heavy (non-hydrogen) atoms. The second kappa shape index (κ2) is 5.42. The predicted octanol–water partition coefficient (Wildman–Crippen LogP) is 2.96. The summed E-state index contributed by atoms with van der Waals surface area (Å²) in [5.41, 5.74) is 6.19. The van der Waals surface area contributed by atoms with Gasteiger partial charge in [-0.1, -0.05) is 6.42 Å². The normalized spacial score (nSPS) is 16.8. The number of nitrogens with zero attached hydrogens (tertiary/aromatic N) is 1. The molecule has 6 heteroatoms. The molecule has 1 fully saturated rings. The molecular weight excluding hydrogens is 247 g/mol. The van der Waals surface area contributed by atoms with Crippen LogP contribution in [0.15, 0.2) is 18.2 Å². The molecule has 0 aromatic heterocycles. The van der Waals surface area contributed by atoms with Gasteiger partial charge >= 0.3 is 0 Å². The maximum Gasteiger partial charge on any atom is 0.277 e. The van der Waals surface area contributed by atoms with E-state index in [-0.39, 0.29) is 24.1 Å². The zero-order valence-electron chi connectivity index (χ0n) is 9.14. The third-order valence-electron chi connectivity index (χ3n) is 3.21. The lowest BCUT2D eigenvalue weighted by Crippen LogP contribution is -2.27. The maximum atomic E-state index is 12.9. The highest BCUT2D eigenvalue weighted by Crippen LogP contribution is 2.39. The molecule has 0 heterocycles. The Hall–Kier alpha value is -1.20. The minimum absolute atomic E-state index is 0. The standard InChI is InChI=1S/C11H13FN2O2.ClH/c12-8-4-5-9(10(6-8)14(15)16)11(13)7-2-1-3-7;/h4-7,11H,1-3,13H2;1H/t11-;/m1./s1. The molecule has 1 saturated carbocycles. The van der Waals surface area contributed by atoms with Gasteiger partial charge in [-0.2, -0.15) is 0 Å². The average molecular weight is 261 g/mol. The smallest absolute Gasteiger partial charge is 0.277 e. The number of nitrogens with two attached hydrogens (primary N) is 1. The van der Waals surface area contributed by atoms with Gasteiger partial charge in [-0.25, -0.2) is 4.39 Å². The lowest BCUT2D eigenvalue weighted by Gasteiger charge is -2.31. The fourth-order valence-corrected chi connectivity index (χ4v) is 2.01. The summed E-state index contributed by atoms with van der Waals surface area (Å²) in [4.78, 5) is 10.2. The molecule has 1 atom stereocenters. The molecule has 2 rings (SSSR count). The van der Waals surface area contributed by atoms with E-state index in [9.17, 15) is 14.5 Å². The minimum Gasteiger partial charge on any atom is -0.324 e. The third kappa shape index (κ3) is 2.73. The average Bonchev–Trinajstić information content (AvgIpc) is 2.14. The Balaban J connectivity index is 0.00000144. The van der Waals surface area contributed by atoms with Gasteiger partial charge in [0, 0.05) is 11.6 Å². The highest BCUT2D eigenvalue weighted by Gasteiger charge is 2.30. The number of hydrogen-bond donors (Lipinski definition) is 1. The van der Waals surface area contributed by atoms with Gasteiger partial charge in [-0.15, -0.1) is 12.4 Å². The van der Waals surface area contributed by atoms with Crippen LogP contribution in [-0.2, 0) is 0 Å². The first-order chi connectivity index (χ1) is 7.59. The molecule has 1 aromatic rings. The van der Waals surface area contributed by atoms with Crippen LogP contribution in [0, 0.1) is 21.8 Å². The number of hydrogen-bond acceptors (Lipinski definition) is 3. The van der Waals surface area contributed by atoms with Crippen molar-refractivity contribution in [1.29, 1.82) is 0 Å². The summed E-state index contributed by atoms with van der Waals surface area (Å²) in [6, 6.07) is 3.24. The van der Waals surface area contributed by atoms with E-state index in [4.69, 9.17) is 5.73 Å². The van der Waals surface area contributed by atoms with Gasteiger partial charge in [0.05, 0.1) is 11.0 Å². The Morgan fingerprint density at radius 1 is 1.47 bits per heavy atom. The predicted molar refractivity (Wildman–Crippen MR) is 64.6 cm³/mol. The Labute approximate surface area is 105 Å². The van der Waals surface area contributed by atoms with Gasteiger partial charge in [0.15, 0.2) is 0 Å². The van der Waals surface area contributed by atoms with Crippen molar-refractivity contribution >= 4 is 18.1 Å². The Morgan fingerprint density at radius 3 is 2.59 bits per heavy atom. The monoisotopic (exact) mass is 260 g/mol. The minimum atomic E-state index is -0.601. The van der Waals surface area contributed by atoms with E-state index in [2.05, 4.69) is 0 Å². The Bertz CT molecular complexity index is 424. The van der Waals surface area contributed by atoms with E-state index in [1.54, 1.807) is 0 Å². The molecule has 0 unspecified atom stereocenters. The van der Waals surface area contributed by atoms with Gasteiger partial charge in [0.2, 0.25) is 0 Å². The quantitative estimate of drug-likeness (QED) is 0.671. The number of halogens is 2. The molecule has 0 radical (unpaired) electrons. The first-order valence-corrected chi connectivity index (χ1v) is 5.29. The Morgan fingerprint density at radius 2 is 2.12 bits per heavy atom. The molecule has 0 aliphatic heterocycles. The van der Waals surface area contributed by atoms with Crippen LogP contribution in [0.1, 0.15) is 30.9 Å². The zero-order valence-corrected chi connectivity index (χ0v) is 9.95. The molecule has 0 amide bonds. The lowest BCUT2D eigenvalue weighted by molar-refractivity contribution is -0.386. The fraction of sp³-hybridized carbons (Fsp3) is 0.455. The Kier molecular flexibility index (Phi) is 4.42. The number of rotatable bonds is 3. The van der Waals surface area contributed by atoms with E-state index in [1.807, 2.05) is 0 Å². The lowest BCUT2D eigenvalue weighted by atomic mass is 9.77. The molecule has 94 valence electrons. The van der Waals surface area contributed by atoms with E-state index >= 15 is 0 Å². The first kappa shape index (κ1) is 13.9. The van der Waals surface area contributed by atoms with E-state index in [0.717, 1.165) is 25.3 Å². The third-order valence-corrected chi connectivity index (χ3v) is 3.21. The van der Waals surface area contributed by atoms with Crippen molar-refractivity contribution in [2.75, 3.05) is 0 Å². The molecule has 4 nitrogen and oxygen atoms in total. The van der Waals surface area contributed by atoms with Gasteiger partial charge in [-0.05, 0) is 30.9 Å². The van der Waals surface area contributed by atoms with Crippen molar-refractivity contribution in [1.82, 2.24) is 0 Å². The van der Waals surface area contributed by atoms with Crippen molar-refractivity contribution in [3.05, 3.63) is 39.7 Å². The molecular formula is C11H14ClFN2O2. The summed E-state index contributed by atoms with van der Waals surface area (Å²) >= 11 is 0. The molecule has 1 aliphatic carbocycles. The second-order valence-corrected chi connectivity index (χ2v) is 4.18. The van der Waals surface area contributed by atoms with Crippen LogP contribution in [0.5, 0.6) is 0 Å². The van der Waals surface area contributed by atoms with E-state index < -0.39 is 10.7 Å². The summed E-state index contributed by atoms with van der Waals surface area (Å²) in [5.74, 6) is -0.305. The van der Waals surface area contributed by atoms with Crippen molar-refractivity contribution < 1.29 is 9.31 Å². The first-order valence-electron chi connectivity index (χ1n) is 5.29. The molecule has 2 N–H and O–H groups in total. The topological polar surface area (TPSA) is 69.2 Å². The van der Waals surface area contributed by atoms with Crippen LogP contribution in [0.3, 0.4) is 0 Å². The molecule has 1 aromatic carbocycles. The van der Waals surface area contributed by atoms with Crippen LogP contribution in [0.4, 0.5) is 10.1 Å². The van der Waals surface area contributed by atoms with Crippen molar-refractivity contribution in [2.24, 2.45) is 11.7 Å². The van der Waals surface area contributed by atoms with Crippen molar-refractivity contribution in [2.45, 2.75) is 25.3 Å². The second-order valence-electron chi connectivity index (χ2n) is 4.18. The van der Waals surface area contributed by atoms with Gasteiger partial charge < -0.3 is 5.73 Å². The van der Waals surface area contributed by atoms with E-state index in [0.29, 0.717) is 11.5 Å². The summed E-state index contributed by atoms with van der Waals surface area (Å²) in [6.45, 7) is 0. The molecule has 0 saturated heterocycles. The van der Waals surface area contributed by atoms with E-state index in [1.165, 1.54) is 12.1 Å². The number of nitro groups is 1. The highest BCUT2D eigenvalue weighted by molar-refractivity contribution is 5.85. The molecule has 1 aliphatic rings. The van der Waals surface area contributed by atoms with Crippen molar-refractivity contribution in [3.8, 4) is 0 Å². The highest BCUT2D eigenvalue weighted by atomic mass is 35.5. The van der Waals surface area contributed by atoms with Crippen LogP contribution in [-0.4, -0.2) is 4.92 Å².